The second-order valence-corrected chi connectivity index (χ2v) is 3.68. The van der Waals surface area contributed by atoms with Crippen LogP contribution < -0.4 is 10.9 Å². The van der Waals surface area contributed by atoms with E-state index in [9.17, 15) is 4.79 Å². The lowest BCUT2D eigenvalue weighted by Gasteiger charge is -2.24. The molecule has 0 amide bonds. The van der Waals surface area contributed by atoms with Crippen LogP contribution in [0.5, 0.6) is 0 Å². The number of hydrogen-bond acceptors (Lipinski definition) is 5. The molecule has 0 aliphatic carbocycles. The van der Waals surface area contributed by atoms with Gasteiger partial charge in [0.2, 0.25) is 0 Å². The number of nitrogens with zero attached hydrogens (tertiary/aromatic N) is 2. The Morgan fingerprint density at radius 3 is 3.06 bits per heavy atom. The number of aromatic nitrogens is 3. The molecule has 3 rings (SSSR count). The second kappa shape index (κ2) is 3.57. The van der Waals surface area contributed by atoms with Crippen molar-refractivity contribution in [3.63, 3.8) is 0 Å². The van der Waals surface area contributed by atoms with Crippen molar-refractivity contribution in [3.8, 4) is 11.4 Å². The maximum Gasteiger partial charge on any atom is 0.276 e. The van der Waals surface area contributed by atoms with Gasteiger partial charge in [0, 0.05) is 18.5 Å². The highest BCUT2D eigenvalue weighted by Crippen LogP contribution is 2.25. The maximum absolute atomic E-state index is 11.5. The summed E-state index contributed by atoms with van der Waals surface area (Å²) in [5.74, 6) is 0.756. The summed E-state index contributed by atoms with van der Waals surface area (Å²) in [4.78, 5) is 18.0. The average Bonchev–Trinajstić information content (AvgIpc) is 2.65. The van der Waals surface area contributed by atoms with Gasteiger partial charge in [0.15, 0.2) is 11.5 Å². The topological polar surface area (TPSA) is 83.8 Å². The van der Waals surface area contributed by atoms with Gasteiger partial charge in [-0.15, -0.1) is 0 Å². The molecule has 0 aromatic carbocycles. The van der Waals surface area contributed by atoms with Crippen molar-refractivity contribution < 1.29 is 4.52 Å². The summed E-state index contributed by atoms with van der Waals surface area (Å²) in [6.07, 6.45) is 4.04. The Kier molecular flexibility index (Phi) is 2.07. The van der Waals surface area contributed by atoms with Gasteiger partial charge in [-0.2, -0.15) is 0 Å². The first-order valence-corrected chi connectivity index (χ1v) is 5.08. The van der Waals surface area contributed by atoms with Crippen LogP contribution in [0.15, 0.2) is 27.8 Å². The molecular formula is C10H10N4O2. The van der Waals surface area contributed by atoms with Gasteiger partial charge in [0.25, 0.3) is 5.56 Å². The molecule has 3 heterocycles. The Bertz CT molecular complexity index is 556. The molecule has 82 valence electrons. The lowest BCUT2D eigenvalue weighted by molar-refractivity contribution is 0.282. The second-order valence-electron chi connectivity index (χ2n) is 3.68. The van der Waals surface area contributed by atoms with Crippen LogP contribution in [0, 0.1) is 0 Å². The summed E-state index contributed by atoms with van der Waals surface area (Å²) in [5.41, 5.74) is 0.506. The Morgan fingerprint density at radius 2 is 2.38 bits per heavy atom. The fourth-order valence-electron chi connectivity index (χ4n) is 1.63. The van der Waals surface area contributed by atoms with E-state index in [1.54, 1.807) is 6.07 Å². The van der Waals surface area contributed by atoms with E-state index in [1.807, 2.05) is 0 Å². The molecule has 1 aliphatic heterocycles. The third-order valence-electron chi connectivity index (χ3n) is 2.65. The molecule has 16 heavy (non-hydrogen) atoms. The first-order valence-electron chi connectivity index (χ1n) is 5.08. The molecular weight excluding hydrogens is 208 g/mol. The summed E-state index contributed by atoms with van der Waals surface area (Å²) < 4.78 is 5.17. The van der Waals surface area contributed by atoms with Crippen molar-refractivity contribution in [3.05, 3.63) is 34.6 Å². The molecule has 6 heteroatoms. The van der Waals surface area contributed by atoms with Gasteiger partial charge < -0.3 is 14.8 Å². The number of rotatable bonds is 2. The SMILES string of the molecule is O=c1[nH]ccnc1-c1cc(C2CCN2)on1. The van der Waals surface area contributed by atoms with E-state index in [-0.39, 0.29) is 17.3 Å². The van der Waals surface area contributed by atoms with Crippen molar-refractivity contribution in [2.75, 3.05) is 6.54 Å². The van der Waals surface area contributed by atoms with Crippen LogP contribution in [0.3, 0.4) is 0 Å². The zero-order valence-corrected chi connectivity index (χ0v) is 8.43. The van der Waals surface area contributed by atoms with Crippen molar-refractivity contribution in [2.45, 2.75) is 12.5 Å². The third kappa shape index (κ3) is 1.43. The summed E-state index contributed by atoms with van der Waals surface area (Å²) in [6.45, 7) is 0.991. The van der Waals surface area contributed by atoms with E-state index < -0.39 is 0 Å². The monoisotopic (exact) mass is 218 g/mol. The predicted octanol–water partition coefficient (Wildman–Crippen LogP) is 0.459. The Labute approximate surface area is 90.7 Å². The minimum absolute atomic E-state index is 0.226. The van der Waals surface area contributed by atoms with Gasteiger partial charge in [-0.25, -0.2) is 4.98 Å². The van der Waals surface area contributed by atoms with Crippen molar-refractivity contribution in [2.24, 2.45) is 0 Å². The minimum atomic E-state index is -0.260. The average molecular weight is 218 g/mol. The first kappa shape index (κ1) is 9.29. The van der Waals surface area contributed by atoms with Crippen LogP contribution in [0.1, 0.15) is 18.2 Å². The van der Waals surface area contributed by atoms with E-state index in [2.05, 4.69) is 20.4 Å². The quantitative estimate of drug-likeness (QED) is 0.765. The van der Waals surface area contributed by atoms with Gasteiger partial charge >= 0.3 is 0 Å². The molecule has 0 spiro atoms. The fourth-order valence-corrected chi connectivity index (χ4v) is 1.63. The molecule has 0 radical (unpaired) electrons. The van der Waals surface area contributed by atoms with Crippen LogP contribution >= 0.6 is 0 Å². The van der Waals surface area contributed by atoms with Crippen LogP contribution in [0.4, 0.5) is 0 Å². The van der Waals surface area contributed by atoms with Crippen LogP contribution in [0.25, 0.3) is 11.4 Å². The molecule has 0 saturated carbocycles. The lowest BCUT2D eigenvalue weighted by Crippen LogP contribution is -2.34. The molecule has 2 N–H and O–H groups in total. The Balaban J connectivity index is 1.98. The number of hydrogen-bond donors (Lipinski definition) is 2. The van der Waals surface area contributed by atoms with Crippen molar-refractivity contribution in [1.29, 1.82) is 0 Å². The molecule has 1 fully saturated rings. The Morgan fingerprint density at radius 1 is 1.50 bits per heavy atom. The normalized spacial score (nSPS) is 19.4. The highest BCUT2D eigenvalue weighted by molar-refractivity contribution is 5.52. The molecule has 6 nitrogen and oxygen atoms in total. The summed E-state index contributed by atoms with van der Waals surface area (Å²) in [6, 6.07) is 1.98. The number of nitrogens with one attached hydrogen (secondary N) is 2. The van der Waals surface area contributed by atoms with Gasteiger partial charge in [0.05, 0.1) is 6.04 Å². The molecule has 2 aromatic rings. The summed E-state index contributed by atoms with van der Waals surface area (Å²) in [7, 11) is 0. The zero-order valence-electron chi connectivity index (χ0n) is 8.43. The maximum atomic E-state index is 11.5. The summed E-state index contributed by atoms with van der Waals surface area (Å²) >= 11 is 0. The third-order valence-corrected chi connectivity index (χ3v) is 2.65. The van der Waals surface area contributed by atoms with Crippen LogP contribution in [-0.2, 0) is 0 Å². The van der Waals surface area contributed by atoms with Gasteiger partial charge in [0.1, 0.15) is 5.69 Å². The largest absolute Gasteiger partial charge is 0.359 e. The van der Waals surface area contributed by atoms with Crippen molar-refractivity contribution in [1.82, 2.24) is 20.4 Å². The first-order chi connectivity index (χ1) is 7.84. The van der Waals surface area contributed by atoms with Crippen LogP contribution in [0.2, 0.25) is 0 Å². The smallest absolute Gasteiger partial charge is 0.276 e. The lowest BCUT2D eigenvalue weighted by atomic mass is 10.0. The molecule has 1 saturated heterocycles. The number of aromatic amines is 1. The highest BCUT2D eigenvalue weighted by Gasteiger charge is 2.23. The van der Waals surface area contributed by atoms with Gasteiger partial charge in [-0.1, -0.05) is 5.16 Å². The van der Waals surface area contributed by atoms with Crippen molar-refractivity contribution >= 4 is 0 Å². The summed E-state index contributed by atoms with van der Waals surface area (Å²) in [5, 5.41) is 7.05. The van der Waals surface area contributed by atoms with E-state index in [0.29, 0.717) is 5.69 Å². The van der Waals surface area contributed by atoms with E-state index in [0.717, 1.165) is 18.7 Å². The molecule has 0 bridgehead atoms. The van der Waals surface area contributed by atoms with E-state index in [4.69, 9.17) is 4.52 Å². The van der Waals surface area contributed by atoms with E-state index >= 15 is 0 Å². The van der Waals surface area contributed by atoms with E-state index in [1.165, 1.54) is 12.4 Å². The number of H-pyrrole nitrogens is 1. The predicted molar refractivity (Wildman–Crippen MR) is 55.7 cm³/mol. The highest BCUT2D eigenvalue weighted by atomic mass is 16.5. The molecule has 2 aromatic heterocycles. The van der Waals surface area contributed by atoms with Crippen LogP contribution in [-0.4, -0.2) is 21.7 Å². The zero-order chi connectivity index (χ0) is 11.0. The fraction of sp³-hybridized carbons (Fsp3) is 0.300. The standard InChI is InChI=1S/C10H10N4O2/c15-10-9(12-3-4-13-10)7-5-8(16-14-7)6-1-2-11-6/h3-6,11H,1-2H2,(H,13,15). The molecule has 1 unspecified atom stereocenters. The van der Waals surface area contributed by atoms with Gasteiger partial charge in [-0.05, 0) is 13.0 Å². The minimum Gasteiger partial charge on any atom is -0.359 e. The molecule has 1 aliphatic rings. The molecule has 1 atom stereocenters. The van der Waals surface area contributed by atoms with Gasteiger partial charge in [-0.3, -0.25) is 4.79 Å². The Hall–Kier alpha value is -1.95.